The number of nitrogen functional groups attached to an aromatic ring is 1. The first-order valence-electron chi connectivity index (χ1n) is 24.9. The van der Waals surface area contributed by atoms with E-state index < -0.39 is 89.8 Å². The van der Waals surface area contributed by atoms with Crippen LogP contribution < -0.4 is 11.4 Å². The lowest BCUT2D eigenvalue weighted by Gasteiger charge is -2.21. The standard InChI is InChI=1S/C50H81N3O16P2/c1-4-5-6-7-21-26-31-41(54)32-27-22-17-13-9-11-14-18-23-28-33-45(55)64-37-42(67-46(56)34-29-24-19-15-10-8-12-16-20-25-30-40(2)3)38-65-70(60,61)69-71(62,63)66-39-43-47(57)48(58)49(68-43)53-36-35-44(51)52-50(53)59/h5-6,9,11,17-18,21-23,26-27,32,35-36,40-43,47-49,54,57-58H,4,7-8,10,12-16,19-20,24-25,28-31,33-34,37-39H2,1-3H3,(H,60,61)(H,62,63)(H2,51,52,59)/b6-5-,11-9-,22-17-,23-18-,26-21-,32-27+/t41?,42-,43-,47-,48-,49-/m1/s1. The summed E-state index contributed by atoms with van der Waals surface area (Å²) in [6.45, 7) is 4.15. The number of rotatable bonds is 39. The number of allylic oxidation sites excluding steroid dienone is 10. The molecular formula is C50H81N3O16P2. The number of phosphoric ester groups is 2. The number of ether oxygens (including phenoxy) is 3. The number of hydrogen-bond acceptors (Lipinski definition) is 16. The minimum atomic E-state index is -5.45. The van der Waals surface area contributed by atoms with E-state index in [1.807, 2.05) is 54.7 Å². The van der Waals surface area contributed by atoms with Gasteiger partial charge in [0.1, 0.15) is 30.7 Å². The highest BCUT2D eigenvalue weighted by Crippen LogP contribution is 2.60. The van der Waals surface area contributed by atoms with Crippen LogP contribution in [-0.4, -0.2) is 96.9 Å². The van der Waals surface area contributed by atoms with Crippen LogP contribution in [-0.2, 0) is 46.3 Å². The van der Waals surface area contributed by atoms with Crippen molar-refractivity contribution in [2.75, 3.05) is 25.6 Å². The fraction of sp³-hybridized carbons (Fsp3) is 0.640. The summed E-state index contributed by atoms with van der Waals surface area (Å²) in [7, 11) is -10.9. The first-order chi connectivity index (χ1) is 33.9. The second kappa shape index (κ2) is 37.0. The zero-order chi connectivity index (χ0) is 52.3. The molecule has 1 saturated heterocycles. The number of nitrogens with zero attached hydrogens (tertiary/aromatic N) is 2. The quantitative estimate of drug-likeness (QED) is 0.0118. The van der Waals surface area contributed by atoms with Crippen LogP contribution in [0.25, 0.3) is 0 Å². The SMILES string of the molecule is CC/C=C\C/C=C\CC(O)/C=C/C=C\C/C=C\C/C=C\CCC(=O)OC[C@H](COP(=O)(O)OP(=O)(O)OC[C@H]1O[C@@H](n2ccc(N)nc2=O)[C@H](O)[C@@H]1O)OC(=O)CCCCCCCCCCCCC(C)C. The molecule has 0 aliphatic carbocycles. The van der Waals surface area contributed by atoms with Crippen molar-refractivity contribution in [1.82, 2.24) is 9.55 Å². The number of esters is 2. The Labute approximate surface area is 419 Å². The van der Waals surface area contributed by atoms with Gasteiger partial charge in [-0.3, -0.25) is 23.2 Å². The number of aromatic nitrogens is 2. The van der Waals surface area contributed by atoms with E-state index in [1.54, 1.807) is 6.08 Å². The summed E-state index contributed by atoms with van der Waals surface area (Å²) < 4.78 is 56.6. The van der Waals surface area contributed by atoms with Crippen molar-refractivity contribution in [3.8, 4) is 0 Å². The number of aliphatic hydroxyl groups is 3. The summed E-state index contributed by atoms with van der Waals surface area (Å²) in [5.41, 5.74) is 4.57. The monoisotopic (exact) mass is 1040 g/mol. The number of carbonyl (C=O) groups is 2. The van der Waals surface area contributed by atoms with Crippen molar-refractivity contribution in [3.63, 3.8) is 0 Å². The molecule has 7 N–H and O–H groups in total. The van der Waals surface area contributed by atoms with Gasteiger partial charge >= 0.3 is 33.3 Å². The lowest BCUT2D eigenvalue weighted by molar-refractivity contribution is -0.161. The molecule has 0 aromatic carbocycles. The maximum absolute atomic E-state index is 12.8. The summed E-state index contributed by atoms with van der Waals surface area (Å²) >= 11 is 0. The molecule has 2 heterocycles. The molecule has 1 aliphatic heterocycles. The minimum absolute atomic E-state index is 0.0217. The maximum atomic E-state index is 12.8. The zero-order valence-electron chi connectivity index (χ0n) is 41.8. The Bertz CT molecular complexity index is 2000. The van der Waals surface area contributed by atoms with Crippen LogP contribution in [0, 0.1) is 5.92 Å². The molecule has 1 fully saturated rings. The van der Waals surface area contributed by atoms with E-state index in [0.717, 1.165) is 55.2 Å². The van der Waals surface area contributed by atoms with E-state index in [9.17, 15) is 48.6 Å². The Hall–Kier alpha value is -3.84. The van der Waals surface area contributed by atoms with E-state index in [0.29, 0.717) is 32.1 Å². The average molecular weight is 1040 g/mol. The molecule has 3 unspecified atom stereocenters. The van der Waals surface area contributed by atoms with Gasteiger partial charge in [0.2, 0.25) is 0 Å². The molecule has 2 rings (SSSR count). The van der Waals surface area contributed by atoms with E-state index in [-0.39, 0.29) is 18.7 Å². The van der Waals surface area contributed by atoms with Gasteiger partial charge in [-0.2, -0.15) is 9.29 Å². The number of aliphatic hydroxyl groups excluding tert-OH is 3. The van der Waals surface area contributed by atoms with Crippen LogP contribution in [0.3, 0.4) is 0 Å². The molecule has 1 aliphatic rings. The smallest absolute Gasteiger partial charge is 0.462 e. The van der Waals surface area contributed by atoms with Crippen molar-refractivity contribution in [3.05, 3.63) is 95.7 Å². The third kappa shape index (κ3) is 30.7. The first-order valence-corrected chi connectivity index (χ1v) is 27.9. The third-order valence-electron chi connectivity index (χ3n) is 10.8. The lowest BCUT2D eigenvalue weighted by Crippen LogP contribution is -2.36. The molecule has 0 spiro atoms. The summed E-state index contributed by atoms with van der Waals surface area (Å²) in [6, 6.07) is 1.24. The largest absolute Gasteiger partial charge is 0.481 e. The van der Waals surface area contributed by atoms with Gasteiger partial charge in [-0.05, 0) is 56.9 Å². The zero-order valence-corrected chi connectivity index (χ0v) is 43.6. The van der Waals surface area contributed by atoms with E-state index in [2.05, 4.69) is 42.2 Å². The van der Waals surface area contributed by atoms with Crippen LogP contribution >= 0.6 is 15.6 Å². The molecule has 1 aromatic heterocycles. The van der Waals surface area contributed by atoms with Crippen molar-refractivity contribution < 1.29 is 71.4 Å². The summed E-state index contributed by atoms with van der Waals surface area (Å²) in [4.78, 5) is 61.8. The van der Waals surface area contributed by atoms with Gasteiger partial charge in [0.05, 0.1) is 19.3 Å². The predicted octanol–water partition coefficient (Wildman–Crippen LogP) is 8.94. The highest BCUT2D eigenvalue weighted by atomic mass is 31.3. The molecule has 19 nitrogen and oxygen atoms in total. The van der Waals surface area contributed by atoms with Crippen molar-refractivity contribution in [2.24, 2.45) is 5.92 Å². The third-order valence-corrected chi connectivity index (χ3v) is 13.4. The summed E-state index contributed by atoms with van der Waals surface area (Å²) in [6.07, 6.45) is 31.9. The van der Waals surface area contributed by atoms with E-state index in [1.165, 1.54) is 44.6 Å². The second-order valence-corrected chi connectivity index (χ2v) is 20.7. The Morgan fingerprint density at radius 1 is 0.789 bits per heavy atom. The number of unbranched alkanes of at least 4 members (excludes halogenated alkanes) is 9. The Morgan fingerprint density at radius 2 is 1.39 bits per heavy atom. The Balaban J connectivity index is 1.85. The van der Waals surface area contributed by atoms with Gasteiger partial charge in [0, 0.05) is 19.0 Å². The molecule has 21 heteroatoms. The number of nitrogens with two attached hydrogens (primary N) is 1. The lowest BCUT2D eigenvalue weighted by atomic mass is 10.0. The van der Waals surface area contributed by atoms with Crippen LogP contribution in [0.4, 0.5) is 5.82 Å². The van der Waals surface area contributed by atoms with Crippen LogP contribution in [0.1, 0.15) is 149 Å². The number of hydrogen-bond donors (Lipinski definition) is 6. The molecule has 1 aromatic rings. The Kier molecular flexibility index (Phi) is 33.0. The van der Waals surface area contributed by atoms with Crippen molar-refractivity contribution >= 4 is 33.4 Å². The summed E-state index contributed by atoms with van der Waals surface area (Å²) in [5, 5.41) is 30.9. The number of phosphoric acid groups is 2. The molecular weight excluding hydrogens is 961 g/mol. The first kappa shape index (κ1) is 63.3. The number of carbonyl (C=O) groups excluding carboxylic acids is 2. The molecule has 0 saturated carbocycles. The molecule has 0 radical (unpaired) electrons. The molecule has 8 atom stereocenters. The van der Waals surface area contributed by atoms with Crippen molar-refractivity contribution in [2.45, 2.75) is 180 Å². The van der Waals surface area contributed by atoms with Gasteiger partial charge in [-0.1, -0.05) is 158 Å². The van der Waals surface area contributed by atoms with E-state index in [4.69, 9.17) is 29.0 Å². The molecule has 402 valence electrons. The van der Waals surface area contributed by atoms with Gasteiger partial charge < -0.3 is 45.1 Å². The fourth-order valence-electron chi connectivity index (χ4n) is 6.96. The molecule has 0 bridgehead atoms. The number of anilines is 1. The van der Waals surface area contributed by atoms with Crippen molar-refractivity contribution in [1.29, 1.82) is 0 Å². The minimum Gasteiger partial charge on any atom is -0.462 e. The highest BCUT2D eigenvalue weighted by Gasteiger charge is 2.46. The van der Waals surface area contributed by atoms with Gasteiger partial charge in [-0.15, -0.1) is 0 Å². The van der Waals surface area contributed by atoms with Crippen LogP contribution in [0.15, 0.2) is 90.0 Å². The topological polar surface area (TPSA) is 286 Å². The van der Waals surface area contributed by atoms with Crippen LogP contribution in [0.2, 0.25) is 0 Å². The Morgan fingerprint density at radius 3 is 2.06 bits per heavy atom. The van der Waals surface area contributed by atoms with E-state index >= 15 is 0 Å². The predicted molar refractivity (Wildman–Crippen MR) is 271 cm³/mol. The normalized spacial score (nSPS) is 20.3. The molecule has 71 heavy (non-hydrogen) atoms. The van der Waals surface area contributed by atoms with Gasteiger partial charge in [0.15, 0.2) is 12.3 Å². The maximum Gasteiger partial charge on any atom is 0.481 e. The van der Waals surface area contributed by atoms with Crippen LogP contribution in [0.5, 0.6) is 0 Å². The fourth-order valence-corrected chi connectivity index (χ4v) is 9.07. The summed E-state index contributed by atoms with van der Waals surface area (Å²) in [5.74, 6) is -0.699. The molecule has 0 amide bonds. The van der Waals surface area contributed by atoms with Gasteiger partial charge in [0.25, 0.3) is 0 Å². The highest BCUT2D eigenvalue weighted by molar-refractivity contribution is 7.61. The average Bonchev–Trinajstić information content (AvgIpc) is 3.59. The second-order valence-electron chi connectivity index (χ2n) is 17.6. The van der Waals surface area contributed by atoms with Gasteiger partial charge in [-0.25, -0.2) is 13.9 Å².